The molecule has 5 N–H and O–H groups in total. The van der Waals surface area contributed by atoms with Gasteiger partial charge < -0.3 is 15.9 Å². The van der Waals surface area contributed by atoms with Crippen molar-refractivity contribution in [2.24, 2.45) is 11.7 Å². The van der Waals surface area contributed by atoms with E-state index in [1.165, 1.54) is 18.2 Å². The number of nitrogens with two attached hydrogens (primary N) is 1. The molecule has 2 aromatic carbocycles. The van der Waals surface area contributed by atoms with Crippen LogP contribution in [0.4, 0.5) is 0 Å². The van der Waals surface area contributed by atoms with Gasteiger partial charge in [0.2, 0.25) is 15.9 Å². The lowest BCUT2D eigenvalue weighted by Crippen LogP contribution is -2.53. The monoisotopic (exact) mass is 366 g/mol. The Morgan fingerprint density at radius 3 is 2.12 bits per heavy atom. The fraction of sp³-hybridized carbons (Fsp3) is 0.133. The average molecular weight is 366 g/mol. The molecule has 0 fully saturated rings. The first-order valence-electron chi connectivity index (χ1n) is 6.90. The molecule has 1 amide bonds. The molecule has 0 spiro atoms. The van der Waals surface area contributed by atoms with Gasteiger partial charge in [0.15, 0.2) is 5.92 Å². The van der Waals surface area contributed by atoms with Crippen LogP contribution in [0.5, 0.6) is 0 Å². The van der Waals surface area contributed by atoms with Crippen LogP contribution in [0.2, 0.25) is 0 Å². The van der Waals surface area contributed by atoms with Gasteiger partial charge in [0, 0.05) is 5.39 Å². The molecule has 0 aliphatic heterocycles. The summed E-state index contributed by atoms with van der Waals surface area (Å²) in [4.78, 5) is 33.5. The second-order valence-electron chi connectivity index (χ2n) is 5.13. The van der Waals surface area contributed by atoms with E-state index in [4.69, 9.17) is 15.9 Å². The van der Waals surface area contributed by atoms with Crippen LogP contribution in [0.3, 0.4) is 0 Å². The first-order valence-corrected chi connectivity index (χ1v) is 8.38. The molecule has 0 aromatic heterocycles. The van der Waals surface area contributed by atoms with Crippen LogP contribution in [0, 0.1) is 5.92 Å². The quantitative estimate of drug-likeness (QED) is 0.491. The Bertz CT molecular complexity index is 936. The van der Waals surface area contributed by atoms with Gasteiger partial charge in [-0.15, -0.1) is 0 Å². The largest absolute Gasteiger partial charge is 0.481 e. The van der Waals surface area contributed by atoms with E-state index in [0.717, 1.165) is 0 Å². The number of rotatable bonds is 7. The standard InChI is InChI=1S/C15H14N2O7S/c16-13(18)11(14(19)20)12(15(21)22)17-25(23,24)10-7-3-5-8-4-1-2-6-9(8)10/h1-7,11-12,17H,(H2,16,18)(H,19,20)(H,21,22)/t11?,12-/m0/s1. The lowest BCUT2D eigenvalue weighted by atomic mass is 10.0. The van der Waals surface area contributed by atoms with Gasteiger partial charge in [0.25, 0.3) is 0 Å². The lowest BCUT2D eigenvalue weighted by Gasteiger charge is -2.19. The third kappa shape index (κ3) is 3.75. The maximum absolute atomic E-state index is 12.6. The van der Waals surface area contributed by atoms with Crippen LogP contribution in [0.25, 0.3) is 10.8 Å². The normalized spacial score (nSPS) is 13.9. The van der Waals surface area contributed by atoms with Gasteiger partial charge in [-0.1, -0.05) is 36.4 Å². The van der Waals surface area contributed by atoms with E-state index in [1.54, 1.807) is 29.0 Å². The fourth-order valence-electron chi connectivity index (χ4n) is 2.35. The molecule has 2 aromatic rings. The summed E-state index contributed by atoms with van der Waals surface area (Å²) in [5.41, 5.74) is 4.91. The SMILES string of the molecule is NC(=O)C(C(=O)O)[C@H](NS(=O)(=O)c1cccc2ccccc12)C(=O)O. The van der Waals surface area contributed by atoms with E-state index in [9.17, 15) is 22.8 Å². The first-order chi connectivity index (χ1) is 11.6. The molecular weight excluding hydrogens is 352 g/mol. The second-order valence-corrected chi connectivity index (χ2v) is 6.82. The highest BCUT2D eigenvalue weighted by Crippen LogP contribution is 2.23. The van der Waals surface area contributed by atoms with Crippen molar-refractivity contribution < 1.29 is 33.0 Å². The number of fused-ring (bicyclic) bond motifs is 1. The number of aliphatic carboxylic acids is 2. The number of nitrogens with one attached hydrogen (secondary N) is 1. The predicted molar refractivity (Wildman–Crippen MR) is 86.0 cm³/mol. The Morgan fingerprint density at radius 1 is 0.960 bits per heavy atom. The number of primary amides is 1. The molecule has 0 saturated carbocycles. The van der Waals surface area contributed by atoms with Gasteiger partial charge in [0.05, 0.1) is 4.90 Å². The van der Waals surface area contributed by atoms with Gasteiger partial charge in [-0.3, -0.25) is 14.4 Å². The van der Waals surface area contributed by atoms with Crippen LogP contribution in [-0.2, 0) is 24.4 Å². The molecule has 0 aliphatic rings. The Hall–Kier alpha value is -2.98. The highest BCUT2D eigenvalue weighted by molar-refractivity contribution is 7.89. The van der Waals surface area contributed by atoms with E-state index < -0.39 is 39.8 Å². The van der Waals surface area contributed by atoms with Gasteiger partial charge in [0.1, 0.15) is 6.04 Å². The zero-order valence-electron chi connectivity index (χ0n) is 12.6. The summed E-state index contributed by atoms with van der Waals surface area (Å²) in [6, 6.07) is 8.57. The van der Waals surface area contributed by atoms with Crippen LogP contribution in [0.1, 0.15) is 0 Å². The average Bonchev–Trinajstić information content (AvgIpc) is 2.52. The molecule has 0 aliphatic carbocycles. The Morgan fingerprint density at radius 2 is 1.56 bits per heavy atom. The minimum atomic E-state index is -4.45. The molecule has 10 heteroatoms. The van der Waals surface area contributed by atoms with Crippen LogP contribution in [0.15, 0.2) is 47.4 Å². The second kappa shape index (κ2) is 6.87. The Balaban J connectivity index is 2.52. The highest BCUT2D eigenvalue weighted by atomic mass is 32.2. The number of carbonyl (C=O) groups excluding carboxylic acids is 1. The third-order valence-corrected chi connectivity index (χ3v) is 4.99. The van der Waals surface area contributed by atoms with Crippen molar-refractivity contribution >= 4 is 38.6 Å². The molecule has 2 rings (SSSR count). The van der Waals surface area contributed by atoms with Crippen LogP contribution >= 0.6 is 0 Å². The summed E-state index contributed by atoms with van der Waals surface area (Å²) in [5, 5.41) is 19.1. The fourth-order valence-corrected chi connectivity index (χ4v) is 3.78. The van der Waals surface area contributed by atoms with Gasteiger partial charge in [-0.2, -0.15) is 4.72 Å². The number of hydrogen-bond acceptors (Lipinski definition) is 5. The maximum Gasteiger partial charge on any atom is 0.323 e. The molecule has 2 atom stereocenters. The number of carbonyl (C=O) groups is 3. The van der Waals surface area contributed by atoms with Crippen molar-refractivity contribution in [3.8, 4) is 0 Å². The van der Waals surface area contributed by atoms with Crippen molar-refractivity contribution in [2.75, 3.05) is 0 Å². The zero-order chi connectivity index (χ0) is 18.8. The van der Waals surface area contributed by atoms with Crippen molar-refractivity contribution in [1.82, 2.24) is 4.72 Å². The Labute approximate surface area is 142 Å². The number of sulfonamides is 1. The molecule has 0 heterocycles. The Kier molecular flexibility index (Phi) is 5.04. The minimum absolute atomic E-state index is 0.245. The predicted octanol–water partition coefficient (Wildman–Crippen LogP) is -0.243. The molecule has 0 bridgehead atoms. The molecule has 25 heavy (non-hydrogen) atoms. The summed E-state index contributed by atoms with van der Waals surface area (Å²) >= 11 is 0. The summed E-state index contributed by atoms with van der Waals surface area (Å²) in [5.74, 6) is -7.42. The van der Waals surface area contributed by atoms with E-state index in [1.807, 2.05) is 0 Å². The number of benzene rings is 2. The van der Waals surface area contributed by atoms with E-state index in [2.05, 4.69) is 0 Å². The molecule has 0 saturated heterocycles. The first kappa shape index (κ1) is 18.4. The number of amides is 1. The van der Waals surface area contributed by atoms with Gasteiger partial charge in [-0.05, 0) is 11.5 Å². The number of carboxylic acid groups (broad SMARTS) is 2. The summed E-state index contributed by atoms with van der Waals surface area (Å²) < 4.78 is 26.9. The lowest BCUT2D eigenvalue weighted by molar-refractivity contribution is -0.154. The van der Waals surface area contributed by atoms with Gasteiger partial charge >= 0.3 is 11.9 Å². The van der Waals surface area contributed by atoms with Crippen molar-refractivity contribution in [2.45, 2.75) is 10.9 Å². The molecule has 1 unspecified atom stereocenters. The van der Waals surface area contributed by atoms with Crippen LogP contribution in [-0.4, -0.2) is 42.5 Å². The summed E-state index contributed by atoms with van der Waals surface area (Å²) in [6.07, 6.45) is 0. The van der Waals surface area contributed by atoms with Crippen molar-refractivity contribution in [1.29, 1.82) is 0 Å². The van der Waals surface area contributed by atoms with Crippen LogP contribution < -0.4 is 10.5 Å². The number of carboxylic acids is 2. The topological polar surface area (TPSA) is 164 Å². The van der Waals surface area contributed by atoms with E-state index in [-0.39, 0.29) is 4.90 Å². The third-order valence-electron chi connectivity index (χ3n) is 3.49. The summed E-state index contributed by atoms with van der Waals surface area (Å²) in [6.45, 7) is 0. The molecule has 132 valence electrons. The number of hydrogen-bond donors (Lipinski definition) is 4. The van der Waals surface area contributed by atoms with Crippen molar-refractivity contribution in [3.05, 3.63) is 42.5 Å². The molecule has 9 nitrogen and oxygen atoms in total. The highest BCUT2D eigenvalue weighted by Gasteiger charge is 2.41. The molecular formula is C15H14N2O7S. The van der Waals surface area contributed by atoms with E-state index in [0.29, 0.717) is 10.8 Å². The summed E-state index contributed by atoms with van der Waals surface area (Å²) in [7, 11) is -4.45. The van der Waals surface area contributed by atoms with E-state index >= 15 is 0 Å². The zero-order valence-corrected chi connectivity index (χ0v) is 13.4. The molecule has 0 radical (unpaired) electrons. The van der Waals surface area contributed by atoms with Gasteiger partial charge in [-0.25, -0.2) is 8.42 Å². The van der Waals surface area contributed by atoms with Crippen molar-refractivity contribution in [3.63, 3.8) is 0 Å². The smallest absolute Gasteiger partial charge is 0.323 e. The minimum Gasteiger partial charge on any atom is -0.481 e. The maximum atomic E-state index is 12.6.